The molecule has 2 rings (SSSR count). The standard InChI is InChI=1S/C12H20N2OS/c1-2-4-12-13-10(9-16-12)7-14-6-3-5-11(14)8-15/h9,11,15H,2-8H2,1H3/t11-/m0/s1. The third kappa shape index (κ3) is 2.81. The topological polar surface area (TPSA) is 36.4 Å². The second-order valence-corrected chi connectivity index (χ2v) is 5.37. The zero-order chi connectivity index (χ0) is 11.4. The quantitative estimate of drug-likeness (QED) is 0.856. The number of aliphatic hydroxyl groups is 1. The minimum absolute atomic E-state index is 0.284. The number of aryl methyl sites for hydroxylation is 1. The second kappa shape index (κ2) is 5.75. The highest BCUT2D eigenvalue weighted by Crippen LogP contribution is 2.20. The monoisotopic (exact) mass is 240 g/mol. The molecule has 1 atom stereocenters. The summed E-state index contributed by atoms with van der Waals surface area (Å²) in [5.74, 6) is 0. The average Bonchev–Trinajstić information content (AvgIpc) is 2.89. The van der Waals surface area contributed by atoms with Crippen molar-refractivity contribution in [1.29, 1.82) is 0 Å². The van der Waals surface area contributed by atoms with Gasteiger partial charge in [-0.15, -0.1) is 11.3 Å². The molecule has 0 unspecified atom stereocenters. The molecule has 0 radical (unpaired) electrons. The number of aromatic nitrogens is 1. The molecule has 1 saturated heterocycles. The molecule has 0 aromatic carbocycles. The number of aliphatic hydroxyl groups excluding tert-OH is 1. The van der Waals surface area contributed by atoms with Gasteiger partial charge in [0.05, 0.1) is 17.3 Å². The first kappa shape index (κ1) is 12.0. The summed E-state index contributed by atoms with van der Waals surface area (Å²) in [6.45, 7) is 4.48. The molecular weight excluding hydrogens is 220 g/mol. The Morgan fingerprint density at radius 3 is 3.25 bits per heavy atom. The number of likely N-dealkylation sites (tertiary alicyclic amines) is 1. The highest BCUT2D eigenvalue weighted by atomic mass is 32.1. The summed E-state index contributed by atoms with van der Waals surface area (Å²) in [5.41, 5.74) is 1.17. The lowest BCUT2D eigenvalue weighted by molar-refractivity contribution is 0.152. The highest BCUT2D eigenvalue weighted by Gasteiger charge is 2.24. The molecule has 0 spiro atoms. The summed E-state index contributed by atoms with van der Waals surface area (Å²) < 4.78 is 0. The van der Waals surface area contributed by atoms with Crippen LogP contribution in [0.25, 0.3) is 0 Å². The van der Waals surface area contributed by atoms with Gasteiger partial charge in [0, 0.05) is 18.0 Å². The smallest absolute Gasteiger partial charge is 0.0928 e. The van der Waals surface area contributed by atoms with Crippen molar-refractivity contribution in [3.05, 3.63) is 16.1 Å². The molecule has 0 bridgehead atoms. The lowest BCUT2D eigenvalue weighted by atomic mass is 10.2. The van der Waals surface area contributed by atoms with Crippen LogP contribution in [0.4, 0.5) is 0 Å². The zero-order valence-corrected chi connectivity index (χ0v) is 10.7. The first-order chi connectivity index (χ1) is 7.83. The Hall–Kier alpha value is -0.450. The SMILES string of the molecule is CCCc1nc(CN2CCC[C@H]2CO)cs1. The summed E-state index contributed by atoms with van der Waals surface area (Å²) in [5, 5.41) is 12.7. The van der Waals surface area contributed by atoms with Crippen molar-refractivity contribution in [2.75, 3.05) is 13.2 Å². The van der Waals surface area contributed by atoms with Crippen molar-refractivity contribution in [2.24, 2.45) is 0 Å². The minimum atomic E-state index is 0.284. The van der Waals surface area contributed by atoms with E-state index in [0.717, 1.165) is 32.4 Å². The van der Waals surface area contributed by atoms with Crippen LogP contribution in [-0.4, -0.2) is 34.2 Å². The highest BCUT2D eigenvalue weighted by molar-refractivity contribution is 7.09. The lowest BCUT2D eigenvalue weighted by Gasteiger charge is -2.21. The van der Waals surface area contributed by atoms with Gasteiger partial charge < -0.3 is 5.11 Å². The molecule has 0 amide bonds. The van der Waals surface area contributed by atoms with Crippen molar-refractivity contribution in [1.82, 2.24) is 9.88 Å². The number of thiazole rings is 1. The van der Waals surface area contributed by atoms with E-state index in [4.69, 9.17) is 0 Å². The van der Waals surface area contributed by atoms with Crippen molar-refractivity contribution in [2.45, 2.75) is 45.2 Å². The van der Waals surface area contributed by atoms with E-state index < -0.39 is 0 Å². The van der Waals surface area contributed by atoms with E-state index in [1.807, 2.05) is 0 Å². The van der Waals surface area contributed by atoms with Gasteiger partial charge in [0.1, 0.15) is 0 Å². The number of nitrogens with zero attached hydrogens (tertiary/aromatic N) is 2. The van der Waals surface area contributed by atoms with Crippen molar-refractivity contribution in [3.63, 3.8) is 0 Å². The Morgan fingerprint density at radius 1 is 1.62 bits per heavy atom. The molecule has 90 valence electrons. The predicted molar refractivity (Wildman–Crippen MR) is 66.6 cm³/mol. The average molecular weight is 240 g/mol. The fourth-order valence-corrected chi connectivity index (χ4v) is 3.16. The van der Waals surface area contributed by atoms with Gasteiger partial charge in [0.15, 0.2) is 0 Å². The third-order valence-corrected chi connectivity index (χ3v) is 4.10. The van der Waals surface area contributed by atoms with Gasteiger partial charge in [-0.2, -0.15) is 0 Å². The summed E-state index contributed by atoms with van der Waals surface area (Å²) in [6.07, 6.45) is 4.59. The Kier molecular flexibility index (Phi) is 4.32. The van der Waals surface area contributed by atoms with Crippen LogP contribution in [0, 0.1) is 0 Å². The molecule has 0 saturated carbocycles. The second-order valence-electron chi connectivity index (χ2n) is 4.43. The molecule has 1 aromatic heterocycles. The summed E-state index contributed by atoms with van der Waals surface area (Å²) in [4.78, 5) is 6.98. The van der Waals surface area contributed by atoms with Gasteiger partial charge in [0.2, 0.25) is 0 Å². The Balaban J connectivity index is 1.92. The fraction of sp³-hybridized carbons (Fsp3) is 0.750. The van der Waals surface area contributed by atoms with E-state index in [9.17, 15) is 5.11 Å². The van der Waals surface area contributed by atoms with Crippen molar-refractivity contribution in [3.8, 4) is 0 Å². The summed E-state index contributed by atoms with van der Waals surface area (Å²) >= 11 is 1.77. The van der Waals surface area contributed by atoms with Crippen LogP contribution >= 0.6 is 11.3 Å². The largest absolute Gasteiger partial charge is 0.395 e. The van der Waals surface area contributed by atoms with Gasteiger partial charge >= 0.3 is 0 Å². The van der Waals surface area contributed by atoms with E-state index >= 15 is 0 Å². The lowest BCUT2D eigenvalue weighted by Crippen LogP contribution is -2.31. The summed E-state index contributed by atoms with van der Waals surface area (Å²) in [7, 11) is 0. The molecule has 4 heteroatoms. The fourth-order valence-electron chi connectivity index (χ4n) is 2.27. The maximum absolute atomic E-state index is 9.24. The zero-order valence-electron chi connectivity index (χ0n) is 9.85. The van der Waals surface area contributed by atoms with Crippen LogP contribution in [0.3, 0.4) is 0 Å². The third-order valence-electron chi connectivity index (χ3n) is 3.14. The molecule has 1 aliphatic heterocycles. The van der Waals surface area contributed by atoms with Gasteiger partial charge in [-0.25, -0.2) is 4.98 Å². The van der Waals surface area contributed by atoms with E-state index in [1.165, 1.54) is 17.1 Å². The van der Waals surface area contributed by atoms with Gasteiger partial charge in [-0.1, -0.05) is 6.92 Å². The molecule has 0 aliphatic carbocycles. The molecule has 16 heavy (non-hydrogen) atoms. The van der Waals surface area contributed by atoms with E-state index in [-0.39, 0.29) is 6.61 Å². The Labute approximate surface area is 101 Å². The van der Waals surface area contributed by atoms with E-state index in [2.05, 4.69) is 22.2 Å². The number of hydrogen-bond donors (Lipinski definition) is 1. The Bertz CT molecular complexity index is 327. The molecule has 2 heterocycles. The minimum Gasteiger partial charge on any atom is -0.395 e. The normalized spacial score (nSPS) is 21.8. The molecule has 1 aliphatic rings. The Morgan fingerprint density at radius 2 is 2.50 bits per heavy atom. The van der Waals surface area contributed by atoms with Gasteiger partial charge in [-0.05, 0) is 32.2 Å². The van der Waals surface area contributed by atoms with Crippen molar-refractivity contribution < 1.29 is 5.11 Å². The van der Waals surface area contributed by atoms with Crippen LogP contribution in [0.15, 0.2) is 5.38 Å². The molecular formula is C12H20N2OS. The van der Waals surface area contributed by atoms with Crippen LogP contribution in [0.5, 0.6) is 0 Å². The number of hydrogen-bond acceptors (Lipinski definition) is 4. The maximum Gasteiger partial charge on any atom is 0.0928 e. The van der Waals surface area contributed by atoms with E-state index in [0.29, 0.717) is 6.04 Å². The van der Waals surface area contributed by atoms with Gasteiger partial charge in [-0.3, -0.25) is 4.90 Å². The molecule has 1 fully saturated rings. The van der Waals surface area contributed by atoms with Crippen LogP contribution in [0.2, 0.25) is 0 Å². The first-order valence-electron chi connectivity index (χ1n) is 6.11. The number of rotatable bonds is 5. The van der Waals surface area contributed by atoms with Crippen LogP contribution in [0.1, 0.15) is 36.9 Å². The van der Waals surface area contributed by atoms with Gasteiger partial charge in [0.25, 0.3) is 0 Å². The molecule has 1 N–H and O–H groups in total. The summed E-state index contributed by atoms with van der Waals surface area (Å²) in [6, 6.07) is 0.358. The molecule has 1 aromatic rings. The van der Waals surface area contributed by atoms with Crippen LogP contribution in [-0.2, 0) is 13.0 Å². The van der Waals surface area contributed by atoms with E-state index in [1.54, 1.807) is 11.3 Å². The molecule has 3 nitrogen and oxygen atoms in total. The first-order valence-corrected chi connectivity index (χ1v) is 6.99. The van der Waals surface area contributed by atoms with Crippen molar-refractivity contribution >= 4 is 11.3 Å². The predicted octanol–water partition coefficient (Wildman–Crippen LogP) is 2.05. The van der Waals surface area contributed by atoms with Crippen LogP contribution < -0.4 is 0 Å². The maximum atomic E-state index is 9.24.